The fraction of sp³-hybridized carbons (Fsp3) is 0.412. The summed E-state index contributed by atoms with van der Waals surface area (Å²) >= 11 is 0. The van der Waals surface area contributed by atoms with Gasteiger partial charge >= 0.3 is 0 Å². The molecule has 1 rings (SSSR count). The molecule has 0 heteroatoms. The second-order valence-corrected chi connectivity index (χ2v) is 4.54. The van der Waals surface area contributed by atoms with Gasteiger partial charge in [0.25, 0.3) is 0 Å². The Morgan fingerprint density at radius 2 is 1.82 bits per heavy atom. The Kier molecular flexibility index (Phi) is 6.39. The minimum Gasteiger partial charge on any atom is -0.103 e. The van der Waals surface area contributed by atoms with Gasteiger partial charge in [-0.2, -0.15) is 0 Å². The second-order valence-electron chi connectivity index (χ2n) is 4.54. The van der Waals surface area contributed by atoms with Gasteiger partial charge in [-0.05, 0) is 48.8 Å². The summed E-state index contributed by atoms with van der Waals surface area (Å²) in [5, 5.41) is 0. The lowest BCUT2D eigenvalue weighted by Gasteiger charge is -2.06. The smallest absolute Gasteiger partial charge is 0.0230 e. The van der Waals surface area contributed by atoms with Gasteiger partial charge in [0, 0.05) is 0 Å². The van der Waals surface area contributed by atoms with Crippen LogP contribution in [0.5, 0.6) is 0 Å². The average Bonchev–Trinajstić information content (AvgIpc) is 2.38. The van der Waals surface area contributed by atoms with Gasteiger partial charge in [0.05, 0.1) is 0 Å². The van der Waals surface area contributed by atoms with E-state index in [-0.39, 0.29) is 0 Å². The molecule has 0 atom stereocenters. The Balaban J connectivity index is 2.33. The molecule has 0 heterocycles. The summed E-state index contributed by atoms with van der Waals surface area (Å²) in [4.78, 5) is 0. The number of allylic oxidation sites excluding steroid dienone is 2. The molecule has 0 aliphatic rings. The zero-order valence-electron chi connectivity index (χ0n) is 11.0. The first-order chi connectivity index (χ1) is 8.27. The molecule has 92 valence electrons. The molecule has 0 aliphatic carbocycles. The molecule has 0 unspecified atom stereocenters. The van der Waals surface area contributed by atoms with Gasteiger partial charge in [0.1, 0.15) is 0 Å². The van der Waals surface area contributed by atoms with Gasteiger partial charge in [-0.3, -0.25) is 0 Å². The first-order valence-corrected chi connectivity index (χ1v) is 6.66. The predicted molar refractivity (Wildman–Crippen MR) is 78.1 cm³/mol. The molecule has 0 saturated heterocycles. The van der Waals surface area contributed by atoms with E-state index in [9.17, 15) is 0 Å². The summed E-state index contributed by atoms with van der Waals surface area (Å²) in [7, 11) is 0. The third-order valence-electron chi connectivity index (χ3n) is 3.16. The highest BCUT2D eigenvalue weighted by Crippen LogP contribution is 2.20. The monoisotopic (exact) mass is 228 g/mol. The standard InChI is InChI=1S/C17H24/c1-4-6-7-8-9-10-15(3)17-13-11-16(5-2)12-14-17/h4,11-14H,1,3,5-10H2,2H3. The summed E-state index contributed by atoms with van der Waals surface area (Å²) in [6.07, 6.45) is 9.12. The molecule has 0 fully saturated rings. The normalized spacial score (nSPS) is 10.2. The van der Waals surface area contributed by atoms with Crippen molar-refractivity contribution < 1.29 is 0 Å². The van der Waals surface area contributed by atoms with Crippen LogP contribution in [0.3, 0.4) is 0 Å². The summed E-state index contributed by atoms with van der Waals surface area (Å²) < 4.78 is 0. The van der Waals surface area contributed by atoms with E-state index in [1.807, 2.05) is 6.08 Å². The van der Waals surface area contributed by atoms with Crippen molar-refractivity contribution in [1.82, 2.24) is 0 Å². The van der Waals surface area contributed by atoms with E-state index in [1.165, 1.54) is 36.0 Å². The fourth-order valence-corrected chi connectivity index (χ4v) is 1.92. The van der Waals surface area contributed by atoms with Gasteiger partial charge in [-0.25, -0.2) is 0 Å². The van der Waals surface area contributed by atoms with E-state index in [0.29, 0.717) is 0 Å². The van der Waals surface area contributed by atoms with Crippen LogP contribution in [0.25, 0.3) is 5.57 Å². The van der Waals surface area contributed by atoms with E-state index >= 15 is 0 Å². The highest BCUT2D eigenvalue weighted by Gasteiger charge is 1.99. The molecule has 1 aromatic carbocycles. The zero-order chi connectivity index (χ0) is 12.5. The predicted octanol–water partition coefficient (Wildman–Crippen LogP) is 5.40. The lowest BCUT2D eigenvalue weighted by molar-refractivity contribution is 0.702. The Morgan fingerprint density at radius 1 is 1.12 bits per heavy atom. The van der Waals surface area contributed by atoms with Crippen LogP contribution >= 0.6 is 0 Å². The minimum absolute atomic E-state index is 1.11. The van der Waals surface area contributed by atoms with E-state index in [4.69, 9.17) is 0 Å². The SMILES string of the molecule is C=CCCCCCC(=C)c1ccc(CC)cc1. The van der Waals surface area contributed by atoms with Crippen molar-refractivity contribution in [2.45, 2.75) is 45.4 Å². The van der Waals surface area contributed by atoms with Crippen LogP contribution in [-0.4, -0.2) is 0 Å². The van der Waals surface area contributed by atoms with E-state index < -0.39 is 0 Å². The Labute approximate surface area is 106 Å². The summed E-state index contributed by atoms with van der Waals surface area (Å²) in [5.41, 5.74) is 3.96. The number of benzene rings is 1. The molecule has 0 amide bonds. The van der Waals surface area contributed by atoms with Crippen LogP contribution in [0.1, 0.15) is 50.2 Å². The highest BCUT2D eigenvalue weighted by molar-refractivity contribution is 5.63. The van der Waals surface area contributed by atoms with Gasteiger partial charge in [-0.1, -0.05) is 50.3 Å². The first-order valence-electron chi connectivity index (χ1n) is 6.66. The Hall–Kier alpha value is -1.30. The fourth-order valence-electron chi connectivity index (χ4n) is 1.92. The summed E-state index contributed by atoms with van der Waals surface area (Å²) in [5.74, 6) is 0. The van der Waals surface area contributed by atoms with E-state index in [0.717, 1.165) is 19.3 Å². The number of unbranched alkanes of at least 4 members (excludes halogenated alkanes) is 3. The van der Waals surface area contributed by atoms with Gasteiger partial charge in [0.2, 0.25) is 0 Å². The largest absolute Gasteiger partial charge is 0.103 e. The third kappa shape index (κ3) is 5.04. The quantitative estimate of drug-likeness (QED) is 0.413. The maximum absolute atomic E-state index is 4.18. The number of rotatable bonds is 8. The zero-order valence-corrected chi connectivity index (χ0v) is 11.0. The van der Waals surface area contributed by atoms with Crippen molar-refractivity contribution in [2.75, 3.05) is 0 Å². The highest BCUT2D eigenvalue weighted by atomic mass is 14.0. The maximum atomic E-state index is 4.18. The molecule has 0 aromatic heterocycles. The Morgan fingerprint density at radius 3 is 2.41 bits per heavy atom. The van der Waals surface area contributed by atoms with Crippen molar-refractivity contribution in [3.05, 3.63) is 54.6 Å². The van der Waals surface area contributed by atoms with Crippen molar-refractivity contribution in [3.63, 3.8) is 0 Å². The molecule has 0 radical (unpaired) electrons. The molecule has 0 spiro atoms. The number of hydrogen-bond acceptors (Lipinski definition) is 0. The topological polar surface area (TPSA) is 0 Å². The molecule has 0 saturated carbocycles. The van der Waals surface area contributed by atoms with Gasteiger partial charge < -0.3 is 0 Å². The molecular weight excluding hydrogens is 204 g/mol. The average molecular weight is 228 g/mol. The van der Waals surface area contributed by atoms with Crippen molar-refractivity contribution in [1.29, 1.82) is 0 Å². The maximum Gasteiger partial charge on any atom is -0.0230 e. The molecule has 0 nitrogen and oxygen atoms in total. The Bertz CT molecular complexity index is 343. The van der Waals surface area contributed by atoms with Crippen LogP contribution in [0.4, 0.5) is 0 Å². The molecule has 0 aliphatic heterocycles. The molecule has 17 heavy (non-hydrogen) atoms. The molecule has 0 N–H and O–H groups in total. The second kappa shape index (κ2) is 7.89. The number of aryl methyl sites for hydroxylation is 1. The summed E-state index contributed by atoms with van der Waals surface area (Å²) in [6, 6.07) is 8.81. The van der Waals surface area contributed by atoms with Crippen molar-refractivity contribution >= 4 is 5.57 Å². The van der Waals surface area contributed by atoms with Crippen LogP contribution < -0.4 is 0 Å². The lowest BCUT2D eigenvalue weighted by atomic mass is 9.99. The van der Waals surface area contributed by atoms with Crippen LogP contribution in [0.15, 0.2) is 43.5 Å². The minimum atomic E-state index is 1.11. The molecule has 0 bridgehead atoms. The summed E-state index contributed by atoms with van der Waals surface area (Å²) in [6.45, 7) is 10.1. The van der Waals surface area contributed by atoms with Gasteiger partial charge in [-0.15, -0.1) is 6.58 Å². The van der Waals surface area contributed by atoms with E-state index in [2.05, 4.69) is 44.3 Å². The molecule has 1 aromatic rings. The van der Waals surface area contributed by atoms with Gasteiger partial charge in [0.15, 0.2) is 0 Å². The third-order valence-corrected chi connectivity index (χ3v) is 3.16. The van der Waals surface area contributed by atoms with Crippen LogP contribution in [-0.2, 0) is 6.42 Å². The van der Waals surface area contributed by atoms with Crippen molar-refractivity contribution in [2.24, 2.45) is 0 Å². The van der Waals surface area contributed by atoms with Crippen molar-refractivity contribution in [3.8, 4) is 0 Å². The van der Waals surface area contributed by atoms with Crippen LogP contribution in [0, 0.1) is 0 Å². The van der Waals surface area contributed by atoms with Crippen LogP contribution in [0.2, 0.25) is 0 Å². The van der Waals surface area contributed by atoms with E-state index in [1.54, 1.807) is 0 Å². The molecular formula is C17H24. The first kappa shape index (κ1) is 13.8. The number of hydrogen-bond donors (Lipinski definition) is 0. The lowest BCUT2D eigenvalue weighted by Crippen LogP contribution is -1.86.